The molecule has 3 rings (SSSR count). The quantitative estimate of drug-likeness (QED) is 0.295. The van der Waals surface area contributed by atoms with E-state index in [2.05, 4.69) is 21.8 Å². The maximum atomic E-state index is 12.2. The monoisotopic (exact) mass is 391 g/mol. The Kier molecular flexibility index (Phi) is 7.69. The van der Waals surface area contributed by atoms with E-state index in [4.69, 9.17) is 0 Å². The summed E-state index contributed by atoms with van der Waals surface area (Å²) in [6, 6.07) is -0.00431. The predicted octanol–water partition coefficient (Wildman–Crippen LogP) is 3.64. The number of aliphatic hydroxyl groups excluding tert-OH is 1. The number of hydrogen-bond donors (Lipinski definition) is 1. The first-order chi connectivity index (χ1) is 13.5. The molecule has 1 saturated heterocycles. The number of esters is 1. The van der Waals surface area contributed by atoms with Gasteiger partial charge in [0.1, 0.15) is 0 Å². The van der Waals surface area contributed by atoms with Crippen LogP contribution >= 0.6 is 0 Å². The first kappa shape index (κ1) is 21.5. The van der Waals surface area contributed by atoms with E-state index in [1.165, 1.54) is 39.2 Å². The minimum atomic E-state index is -0.169. The Labute approximate surface area is 169 Å². The number of aliphatic hydroxyl groups is 1. The first-order valence-corrected chi connectivity index (χ1v) is 11.2. The average Bonchev–Trinajstić information content (AvgIpc) is 3.62. The first-order valence-electron chi connectivity index (χ1n) is 11.2. The second-order valence-corrected chi connectivity index (χ2v) is 9.11. The Morgan fingerprint density at radius 1 is 1.32 bits per heavy atom. The van der Waals surface area contributed by atoms with Crippen LogP contribution in [0.15, 0.2) is 12.2 Å². The van der Waals surface area contributed by atoms with Crippen LogP contribution in [0.1, 0.15) is 77.0 Å². The number of ether oxygens (including phenoxy) is 1. The predicted molar refractivity (Wildman–Crippen MR) is 109 cm³/mol. The molecule has 1 N–H and O–H groups in total. The van der Waals surface area contributed by atoms with E-state index in [0.717, 1.165) is 51.1 Å². The number of allylic oxidation sites excluding steroid dienone is 1. The van der Waals surface area contributed by atoms with E-state index in [-0.39, 0.29) is 23.5 Å². The molecule has 0 aromatic rings. The van der Waals surface area contributed by atoms with Crippen molar-refractivity contribution in [2.75, 3.05) is 20.2 Å². The Balaban J connectivity index is 1.33. The van der Waals surface area contributed by atoms with Crippen molar-refractivity contribution in [1.82, 2.24) is 4.90 Å². The van der Waals surface area contributed by atoms with Crippen molar-refractivity contribution in [3.63, 3.8) is 0 Å². The molecule has 5 nitrogen and oxygen atoms in total. The lowest BCUT2D eigenvalue weighted by molar-refractivity contribution is -0.140. The summed E-state index contributed by atoms with van der Waals surface area (Å²) in [7, 11) is 1.41. The zero-order valence-corrected chi connectivity index (χ0v) is 17.4. The van der Waals surface area contributed by atoms with Crippen LogP contribution in [0.3, 0.4) is 0 Å². The zero-order chi connectivity index (χ0) is 20.0. The van der Waals surface area contributed by atoms with Crippen LogP contribution in [0.2, 0.25) is 0 Å². The van der Waals surface area contributed by atoms with Gasteiger partial charge in [-0.15, -0.1) is 0 Å². The number of hydrogen-bond acceptors (Lipinski definition) is 5. The van der Waals surface area contributed by atoms with E-state index in [9.17, 15) is 14.7 Å². The van der Waals surface area contributed by atoms with Crippen molar-refractivity contribution in [2.45, 2.75) is 89.2 Å². The molecule has 5 heteroatoms. The fourth-order valence-corrected chi connectivity index (χ4v) is 4.66. The van der Waals surface area contributed by atoms with Gasteiger partial charge in [0.25, 0.3) is 0 Å². The standard InChI is InChI=1S/C23H37NO4/c1-28-22(27)9-5-3-2-4-7-19-20(25)12-16-24(19)15-6-8-21(26)23(13-14-23)17-18-10-11-18/h2,4,18-19,21,26H,3,5-17H2,1H3/b4-2-. The zero-order valence-electron chi connectivity index (χ0n) is 17.4. The highest BCUT2D eigenvalue weighted by molar-refractivity contribution is 5.86. The van der Waals surface area contributed by atoms with Gasteiger partial charge in [0, 0.05) is 19.4 Å². The van der Waals surface area contributed by atoms with Gasteiger partial charge in [-0.1, -0.05) is 25.0 Å². The van der Waals surface area contributed by atoms with Crippen LogP contribution < -0.4 is 0 Å². The largest absolute Gasteiger partial charge is 0.469 e. The lowest BCUT2D eigenvalue weighted by atomic mass is 9.89. The Morgan fingerprint density at radius 2 is 2.11 bits per heavy atom. The van der Waals surface area contributed by atoms with Crippen LogP contribution in [-0.2, 0) is 14.3 Å². The smallest absolute Gasteiger partial charge is 0.305 e. The molecule has 2 atom stereocenters. The lowest BCUT2D eigenvalue weighted by Crippen LogP contribution is -2.34. The van der Waals surface area contributed by atoms with Crippen molar-refractivity contribution in [3.8, 4) is 0 Å². The molecule has 1 heterocycles. The number of Topliss-reactive ketones (excluding diaryl/α,β-unsaturated/α-hetero) is 1. The minimum absolute atomic E-state index is 0.00431. The van der Waals surface area contributed by atoms with E-state index in [1.54, 1.807) is 0 Å². The molecule has 3 aliphatic rings. The highest BCUT2D eigenvalue weighted by atomic mass is 16.5. The van der Waals surface area contributed by atoms with Crippen LogP contribution in [0, 0.1) is 11.3 Å². The Morgan fingerprint density at radius 3 is 2.79 bits per heavy atom. The van der Waals surface area contributed by atoms with E-state index < -0.39 is 0 Å². The topological polar surface area (TPSA) is 66.8 Å². The maximum absolute atomic E-state index is 12.2. The van der Waals surface area contributed by atoms with Crippen LogP contribution in [0.5, 0.6) is 0 Å². The molecule has 1 aliphatic heterocycles. The van der Waals surface area contributed by atoms with Crippen molar-refractivity contribution in [3.05, 3.63) is 12.2 Å². The average molecular weight is 392 g/mol. The molecule has 0 aromatic heterocycles. The van der Waals surface area contributed by atoms with Gasteiger partial charge < -0.3 is 9.84 Å². The van der Waals surface area contributed by atoms with Gasteiger partial charge in [0.2, 0.25) is 0 Å². The summed E-state index contributed by atoms with van der Waals surface area (Å²) >= 11 is 0. The molecule has 0 radical (unpaired) electrons. The third-order valence-corrected chi connectivity index (χ3v) is 6.88. The Hall–Kier alpha value is -1.20. The molecule has 0 aromatic carbocycles. The molecular weight excluding hydrogens is 354 g/mol. The summed E-state index contributed by atoms with van der Waals surface area (Å²) in [4.78, 5) is 25.6. The van der Waals surface area contributed by atoms with Crippen LogP contribution in [0.25, 0.3) is 0 Å². The summed E-state index contributed by atoms with van der Waals surface area (Å²) in [6.07, 6.45) is 15.7. The van der Waals surface area contributed by atoms with E-state index in [1.807, 2.05) is 0 Å². The highest BCUT2D eigenvalue weighted by Gasteiger charge is 2.50. The number of likely N-dealkylation sites (tertiary alicyclic amines) is 1. The molecule has 0 spiro atoms. The fraction of sp³-hybridized carbons (Fsp3) is 0.826. The summed E-state index contributed by atoms with van der Waals surface area (Å²) in [5.74, 6) is 1.06. The molecule has 2 aliphatic carbocycles. The molecule has 28 heavy (non-hydrogen) atoms. The SMILES string of the molecule is COC(=O)CCC/C=C\CC1C(=O)CCN1CCCC(O)C1(CC2CC2)CC1. The number of ketones is 1. The van der Waals surface area contributed by atoms with Gasteiger partial charge in [-0.25, -0.2) is 0 Å². The molecular formula is C23H37NO4. The second-order valence-electron chi connectivity index (χ2n) is 9.11. The molecule has 3 fully saturated rings. The number of methoxy groups -OCH3 is 1. The van der Waals surface area contributed by atoms with Gasteiger partial charge >= 0.3 is 5.97 Å². The van der Waals surface area contributed by atoms with Gasteiger partial charge in [0.15, 0.2) is 5.78 Å². The third kappa shape index (κ3) is 6.15. The van der Waals surface area contributed by atoms with Gasteiger partial charge in [-0.3, -0.25) is 14.5 Å². The van der Waals surface area contributed by atoms with Crippen molar-refractivity contribution >= 4 is 11.8 Å². The van der Waals surface area contributed by atoms with Gasteiger partial charge in [-0.05, 0) is 69.2 Å². The van der Waals surface area contributed by atoms with Gasteiger partial charge in [0.05, 0.1) is 19.3 Å². The molecule has 2 saturated carbocycles. The van der Waals surface area contributed by atoms with Crippen LogP contribution in [0.4, 0.5) is 0 Å². The number of nitrogens with zero attached hydrogens (tertiary/aromatic N) is 1. The fourth-order valence-electron chi connectivity index (χ4n) is 4.66. The number of unbranched alkanes of at least 4 members (excludes halogenated alkanes) is 1. The summed E-state index contributed by atoms with van der Waals surface area (Å²) in [5, 5.41) is 10.7. The number of carbonyl (C=O) groups is 2. The van der Waals surface area contributed by atoms with Crippen molar-refractivity contribution in [2.24, 2.45) is 11.3 Å². The maximum Gasteiger partial charge on any atom is 0.305 e. The minimum Gasteiger partial charge on any atom is -0.469 e. The van der Waals surface area contributed by atoms with Crippen molar-refractivity contribution in [1.29, 1.82) is 0 Å². The van der Waals surface area contributed by atoms with Crippen molar-refractivity contribution < 1.29 is 19.4 Å². The molecule has 0 amide bonds. The number of rotatable bonds is 13. The summed E-state index contributed by atoms with van der Waals surface area (Å²) < 4.78 is 4.63. The lowest BCUT2D eigenvalue weighted by Gasteiger charge is -2.25. The second kappa shape index (κ2) is 10.0. The highest BCUT2D eigenvalue weighted by Crippen LogP contribution is 2.57. The number of carbonyl (C=O) groups excluding carboxylic acids is 2. The third-order valence-electron chi connectivity index (χ3n) is 6.88. The van der Waals surface area contributed by atoms with Gasteiger partial charge in [-0.2, -0.15) is 0 Å². The summed E-state index contributed by atoms with van der Waals surface area (Å²) in [6.45, 7) is 1.76. The molecule has 0 bridgehead atoms. The summed E-state index contributed by atoms with van der Waals surface area (Å²) in [5.41, 5.74) is 0.244. The van der Waals surface area contributed by atoms with E-state index in [0.29, 0.717) is 18.6 Å². The molecule has 158 valence electrons. The van der Waals surface area contributed by atoms with Crippen LogP contribution in [-0.4, -0.2) is 54.1 Å². The Bertz CT molecular complexity index is 565. The molecule has 2 unspecified atom stereocenters. The normalized spacial score (nSPS) is 25.4. The van der Waals surface area contributed by atoms with E-state index >= 15 is 0 Å².